The average Bonchev–Trinajstić information content (AvgIpc) is 2.73. The van der Waals surface area contributed by atoms with Crippen LogP contribution < -0.4 is 21.9 Å². The lowest BCUT2D eigenvalue weighted by Crippen LogP contribution is -2.23. The number of nitrogens with one attached hydrogen (secondary N) is 1. The summed E-state index contributed by atoms with van der Waals surface area (Å²) >= 11 is 0. The Hall–Kier alpha value is -3.83. The van der Waals surface area contributed by atoms with Crippen LogP contribution in [0.3, 0.4) is 0 Å². The van der Waals surface area contributed by atoms with E-state index in [0.29, 0.717) is 23.2 Å². The molecule has 31 heavy (non-hydrogen) atoms. The maximum atomic E-state index is 12.5. The molecule has 0 aliphatic carbocycles. The van der Waals surface area contributed by atoms with Gasteiger partial charge >= 0.3 is 0 Å². The van der Waals surface area contributed by atoms with E-state index in [2.05, 4.69) is 15.3 Å². The van der Waals surface area contributed by atoms with Crippen molar-refractivity contribution in [2.75, 3.05) is 5.73 Å². The van der Waals surface area contributed by atoms with E-state index < -0.39 is 15.9 Å². The highest BCUT2D eigenvalue weighted by Gasteiger charge is 2.12. The number of nitrogens with two attached hydrogens (primary N) is 3. The Morgan fingerprint density at radius 1 is 1.03 bits per heavy atom. The third kappa shape index (κ3) is 5.62. The summed E-state index contributed by atoms with van der Waals surface area (Å²) in [6, 6.07) is 12.8. The molecule has 0 aliphatic rings. The number of nitrogen functional groups attached to an aromatic ring is 1. The first-order chi connectivity index (χ1) is 14.6. The smallest absolute Gasteiger partial charge is 0.271 e. The molecule has 0 saturated carbocycles. The molecule has 0 fully saturated rings. The van der Waals surface area contributed by atoms with E-state index in [1.165, 1.54) is 18.3 Å². The SMILES string of the molecule is NC(=O)c1nc(Cc2cccc(C(=O)NCc3ccc(S(N)(=O)=O)cc3)c2)cnc1N. The summed E-state index contributed by atoms with van der Waals surface area (Å²) in [7, 11) is -3.76. The lowest BCUT2D eigenvalue weighted by molar-refractivity contribution is 0.0949. The van der Waals surface area contributed by atoms with E-state index in [9.17, 15) is 18.0 Å². The van der Waals surface area contributed by atoms with Crippen LogP contribution in [-0.4, -0.2) is 30.2 Å². The molecule has 11 heteroatoms. The van der Waals surface area contributed by atoms with E-state index in [1.54, 1.807) is 30.3 Å². The first-order valence-corrected chi connectivity index (χ1v) is 10.6. The maximum Gasteiger partial charge on any atom is 0.271 e. The van der Waals surface area contributed by atoms with E-state index in [1.807, 2.05) is 6.07 Å². The second kappa shape index (κ2) is 8.90. The van der Waals surface area contributed by atoms with Gasteiger partial charge in [0.25, 0.3) is 11.8 Å². The van der Waals surface area contributed by atoms with Crippen LogP contribution in [0.25, 0.3) is 0 Å². The van der Waals surface area contributed by atoms with Crippen molar-refractivity contribution in [3.05, 3.63) is 82.8 Å². The first kappa shape index (κ1) is 21.9. The van der Waals surface area contributed by atoms with Gasteiger partial charge in [-0.15, -0.1) is 0 Å². The van der Waals surface area contributed by atoms with Crippen molar-refractivity contribution in [1.29, 1.82) is 0 Å². The number of sulfonamides is 1. The lowest BCUT2D eigenvalue weighted by atomic mass is 10.1. The van der Waals surface area contributed by atoms with Crippen LogP contribution >= 0.6 is 0 Å². The van der Waals surface area contributed by atoms with Crippen molar-refractivity contribution in [2.24, 2.45) is 10.9 Å². The highest BCUT2D eigenvalue weighted by molar-refractivity contribution is 7.89. The van der Waals surface area contributed by atoms with Crippen molar-refractivity contribution >= 4 is 27.7 Å². The number of rotatable bonds is 7. The second-order valence-corrected chi connectivity index (χ2v) is 8.27. The molecule has 1 heterocycles. The Morgan fingerprint density at radius 2 is 1.74 bits per heavy atom. The molecule has 0 saturated heterocycles. The number of hydrogen-bond acceptors (Lipinski definition) is 7. The summed E-state index contributed by atoms with van der Waals surface area (Å²) in [6.45, 7) is 0.208. The van der Waals surface area contributed by atoms with Crippen LogP contribution in [0.1, 0.15) is 37.7 Å². The minimum atomic E-state index is -3.76. The van der Waals surface area contributed by atoms with Crippen molar-refractivity contribution in [1.82, 2.24) is 15.3 Å². The van der Waals surface area contributed by atoms with Gasteiger partial charge in [0, 0.05) is 18.5 Å². The number of aromatic nitrogens is 2. The Kier molecular flexibility index (Phi) is 6.28. The minimum Gasteiger partial charge on any atom is -0.382 e. The van der Waals surface area contributed by atoms with Crippen LogP contribution in [0.4, 0.5) is 5.82 Å². The van der Waals surface area contributed by atoms with Crippen LogP contribution in [0.15, 0.2) is 59.6 Å². The number of benzene rings is 2. The fraction of sp³-hybridized carbons (Fsp3) is 0.100. The predicted molar refractivity (Wildman–Crippen MR) is 113 cm³/mol. The van der Waals surface area contributed by atoms with Gasteiger partial charge in [0.2, 0.25) is 10.0 Å². The number of carbonyl (C=O) groups is 2. The van der Waals surface area contributed by atoms with E-state index in [-0.39, 0.29) is 28.9 Å². The van der Waals surface area contributed by atoms with Gasteiger partial charge in [0.1, 0.15) is 0 Å². The Morgan fingerprint density at radius 3 is 2.39 bits per heavy atom. The summed E-state index contributed by atoms with van der Waals surface area (Å²) in [5.74, 6) is -1.11. The zero-order valence-electron chi connectivity index (χ0n) is 16.3. The molecule has 10 nitrogen and oxygen atoms in total. The number of carbonyl (C=O) groups excluding carboxylic acids is 2. The maximum absolute atomic E-state index is 12.5. The van der Waals surface area contributed by atoms with Crippen molar-refractivity contribution in [3.8, 4) is 0 Å². The summed E-state index contributed by atoms with van der Waals surface area (Å²) in [4.78, 5) is 31.9. The number of nitrogens with zero attached hydrogens (tertiary/aromatic N) is 2. The molecule has 7 N–H and O–H groups in total. The Balaban J connectivity index is 1.68. The van der Waals surface area contributed by atoms with Gasteiger partial charge in [-0.05, 0) is 35.4 Å². The molecule has 160 valence electrons. The van der Waals surface area contributed by atoms with Crippen LogP contribution in [0.5, 0.6) is 0 Å². The molecule has 0 aliphatic heterocycles. The molecule has 0 atom stereocenters. The second-order valence-electron chi connectivity index (χ2n) is 6.71. The summed E-state index contributed by atoms with van der Waals surface area (Å²) in [5.41, 5.74) is 13.1. The molecule has 3 rings (SSSR count). The topological polar surface area (TPSA) is 184 Å². The van der Waals surface area contributed by atoms with Crippen LogP contribution in [0.2, 0.25) is 0 Å². The molecule has 0 spiro atoms. The standard InChI is InChI=1S/C20H20N6O4S/c21-18-17(19(22)27)26-15(11-24-18)9-13-2-1-3-14(8-13)20(28)25-10-12-4-6-16(7-5-12)31(23,29)30/h1-8,11H,9-10H2,(H2,21,24)(H2,22,27)(H,25,28)(H2,23,29,30). The molecular formula is C20H20N6O4S. The molecule has 0 radical (unpaired) electrons. The lowest BCUT2D eigenvalue weighted by Gasteiger charge is -2.08. The monoisotopic (exact) mass is 440 g/mol. The normalized spacial score (nSPS) is 11.1. The summed E-state index contributed by atoms with van der Waals surface area (Å²) in [5, 5.41) is 7.84. The number of amides is 2. The van der Waals surface area contributed by atoms with Gasteiger partial charge in [-0.2, -0.15) is 0 Å². The Labute approximate surface area is 178 Å². The van der Waals surface area contributed by atoms with Crippen molar-refractivity contribution in [3.63, 3.8) is 0 Å². The fourth-order valence-electron chi connectivity index (χ4n) is 2.81. The minimum absolute atomic E-state index is 0.000498. The van der Waals surface area contributed by atoms with Gasteiger partial charge in [-0.3, -0.25) is 9.59 Å². The predicted octanol–water partition coefficient (Wildman–Crippen LogP) is 0.326. The molecule has 1 aromatic heterocycles. The zero-order valence-corrected chi connectivity index (χ0v) is 17.1. The molecule has 0 unspecified atom stereocenters. The number of primary sulfonamides is 1. The van der Waals surface area contributed by atoms with E-state index >= 15 is 0 Å². The first-order valence-electron chi connectivity index (χ1n) is 9.03. The Bertz CT molecular complexity index is 1240. The summed E-state index contributed by atoms with van der Waals surface area (Å²) < 4.78 is 22.6. The average molecular weight is 440 g/mol. The molecule has 2 amide bonds. The highest BCUT2D eigenvalue weighted by Crippen LogP contribution is 2.13. The van der Waals surface area contributed by atoms with Crippen LogP contribution in [0, 0.1) is 0 Å². The van der Waals surface area contributed by atoms with Gasteiger partial charge in [0.15, 0.2) is 11.5 Å². The van der Waals surface area contributed by atoms with Gasteiger partial charge in [0.05, 0.1) is 16.8 Å². The largest absolute Gasteiger partial charge is 0.382 e. The van der Waals surface area contributed by atoms with E-state index in [0.717, 1.165) is 5.56 Å². The number of primary amides is 1. The quantitative estimate of drug-likeness (QED) is 0.407. The van der Waals surface area contributed by atoms with Gasteiger partial charge in [-0.1, -0.05) is 24.3 Å². The van der Waals surface area contributed by atoms with Gasteiger partial charge in [-0.25, -0.2) is 23.5 Å². The van der Waals surface area contributed by atoms with Crippen LogP contribution in [-0.2, 0) is 23.0 Å². The van der Waals surface area contributed by atoms with Crippen molar-refractivity contribution in [2.45, 2.75) is 17.9 Å². The highest BCUT2D eigenvalue weighted by atomic mass is 32.2. The van der Waals surface area contributed by atoms with Gasteiger partial charge < -0.3 is 16.8 Å². The number of anilines is 1. The molecule has 2 aromatic carbocycles. The number of hydrogen-bond donors (Lipinski definition) is 4. The third-order valence-corrected chi connectivity index (χ3v) is 5.29. The zero-order chi connectivity index (χ0) is 22.6. The third-order valence-electron chi connectivity index (χ3n) is 4.36. The van der Waals surface area contributed by atoms with Crippen molar-refractivity contribution < 1.29 is 18.0 Å². The van der Waals surface area contributed by atoms with E-state index in [4.69, 9.17) is 16.6 Å². The molecular weight excluding hydrogens is 420 g/mol. The fourth-order valence-corrected chi connectivity index (χ4v) is 3.33. The molecule has 3 aromatic rings. The molecule has 0 bridgehead atoms. The summed E-state index contributed by atoms with van der Waals surface area (Å²) in [6.07, 6.45) is 1.77.